The Kier molecular flexibility index (Phi) is 4.84. The van der Waals surface area contributed by atoms with E-state index < -0.39 is 5.41 Å². The number of halogens is 1. The molecule has 0 radical (unpaired) electrons. The summed E-state index contributed by atoms with van der Waals surface area (Å²) >= 11 is 0. The molecule has 1 rings (SSSR count). The van der Waals surface area contributed by atoms with Gasteiger partial charge in [-0.1, -0.05) is 32.9 Å². The Morgan fingerprint density at radius 2 is 1.89 bits per heavy atom. The van der Waals surface area contributed by atoms with E-state index in [1.165, 1.54) is 24.3 Å². The predicted octanol–water partition coefficient (Wildman–Crippen LogP) is 3.15. The maximum Gasteiger partial charge on any atom is 0.252 e. The van der Waals surface area contributed by atoms with Crippen molar-refractivity contribution >= 4 is 5.91 Å². The van der Waals surface area contributed by atoms with Crippen molar-refractivity contribution in [1.29, 1.82) is 0 Å². The minimum absolute atomic E-state index is 0.0724. The van der Waals surface area contributed by atoms with Gasteiger partial charge >= 0.3 is 0 Å². The van der Waals surface area contributed by atoms with Crippen LogP contribution < -0.4 is 0 Å². The van der Waals surface area contributed by atoms with Crippen molar-refractivity contribution in [3.63, 3.8) is 0 Å². The van der Waals surface area contributed by atoms with Crippen LogP contribution in [-0.2, 0) is 16.2 Å². The van der Waals surface area contributed by atoms with Gasteiger partial charge in [-0.05, 0) is 24.1 Å². The molecule has 3 nitrogen and oxygen atoms in total. The molecule has 0 aromatic heterocycles. The molecule has 0 aliphatic rings. The van der Waals surface area contributed by atoms with Gasteiger partial charge in [0.05, 0.1) is 13.7 Å². The molecule has 0 fully saturated rings. The number of rotatable bonds is 5. The number of carbonyl (C=O) groups excluding carboxylic acids is 1. The molecule has 0 unspecified atom stereocenters. The molecule has 18 heavy (non-hydrogen) atoms. The molecule has 0 atom stereocenters. The molecule has 4 heteroatoms. The van der Waals surface area contributed by atoms with Crippen molar-refractivity contribution in [2.75, 3.05) is 7.11 Å². The normalized spacial score (nSPS) is 11.4. The zero-order valence-corrected chi connectivity index (χ0v) is 11.4. The largest absolute Gasteiger partial charge is 0.274 e. The van der Waals surface area contributed by atoms with Gasteiger partial charge in [-0.25, -0.2) is 9.45 Å². The van der Waals surface area contributed by atoms with Gasteiger partial charge in [-0.15, -0.1) is 0 Å². The van der Waals surface area contributed by atoms with Gasteiger partial charge in [0, 0.05) is 5.41 Å². The van der Waals surface area contributed by atoms with E-state index in [-0.39, 0.29) is 11.7 Å². The first kappa shape index (κ1) is 14.6. The summed E-state index contributed by atoms with van der Waals surface area (Å²) < 4.78 is 12.8. The average molecular weight is 253 g/mol. The molecule has 0 bridgehead atoms. The molecule has 0 spiro atoms. The fraction of sp³-hybridized carbons (Fsp3) is 0.500. The second-order valence-electron chi connectivity index (χ2n) is 4.89. The highest BCUT2D eigenvalue weighted by atomic mass is 19.1. The van der Waals surface area contributed by atoms with Crippen molar-refractivity contribution in [3.8, 4) is 0 Å². The summed E-state index contributed by atoms with van der Waals surface area (Å²) in [6.45, 7) is 6.04. The summed E-state index contributed by atoms with van der Waals surface area (Å²) in [4.78, 5) is 17.3. The molecular weight excluding hydrogens is 233 g/mol. The first-order valence-electron chi connectivity index (χ1n) is 6.01. The molecule has 0 saturated carbocycles. The van der Waals surface area contributed by atoms with Crippen LogP contribution in [0.15, 0.2) is 24.3 Å². The summed E-state index contributed by atoms with van der Waals surface area (Å²) in [6.07, 6.45) is 0.731. The quantitative estimate of drug-likeness (QED) is 0.754. The van der Waals surface area contributed by atoms with Crippen LogP contribution in [0, 0.1) is 11.2 Å². The van der Waals surface area contributed by atoms with E-state index in [2.05, 4.69) is 0 Å². The van der Waals surface area contributed by atoms with E-state index in [0.29, 0.717) is 6.54 Å². The summed E-state index contributed by atoms with van der Waals surface area (Å²) in [5, 5.41) is 1.32. The maximum atomic E-state index is 12.8. The Bertz CT molecular complexity index is 401. The first-order chi connectivity index (χ1) is 8.40. The van der Waals surface area contributed by atoms with E-state index in [9.17, 15) is 9.18 Å². The number of carbonyl (C=O) groups is 1. The van der Waals surface area contributed by atoms with Gasteiger partial charge in [-0.3, -0.25) is 9.63 Å². The number of hydroxylamine groups is 2. The molecule has 1 aromatic rings. The van der Waals surface area contributed by atoms with Crippen LogP contribution in [0.4, 0.5) is 4.39 Å². The number of nitrogens with zero attached hydrogens (tertiary/aromatic N) is 1. The van der Waals surface area contributed by atoms with Crippen molar-refractivity contribution < 1.29 is 14.0 Å². The third-order valence-electron chi connectivity index (χ3n) is 3.15. The summed E-state index contributed by atoms with van der Waals surface area (Å²) in [5.41, 5.74) is 0.370. The Balaban J connectivity index is 2.79. The third-order valence-corrected chi connectivity index (χ3v) is 3.15. The van der Waals surface area contributed by atoms with E-state index in [0.717, 1.165) is 12.0 Å². The topological polar surface area (TPSA) is 29.5 Å². The van der Waals surface area contributed by atoms with E-state index >= 15 is 0 Å². The van der Waals surface area contributed by atoms with Crippen LogP contribution in [0.3, 0.4) is 0 Å². The lowest BCUT2D eigenvalue weighted by Crippen LogP contribution is -2.39. The van der Waals surface area contributed by atoms with Gasteiger partial charge in [0.1, 0.15) is 5.82 Å². The van der Waals surface area contributed by atoms with E-state index in [4.69, 9.17) is 4.84 Å². The lowest BCUT2D eigenvalue weighted by molar-refractivity contribution is -0.189. The Morgan fingerprint density at radius 3 is 2.33 bits per heavy atom. The van der Waals surface area contributed by atoms with Crippen molar-refractivity contribution in [1.82, 2.24) is 5.06 Å². The van der Waals surface area contributed by atoms with Crippen LogP contribution in [0.5, 0.6) is 0 Å². The minimum atomic E-state index is -0.462. The average Bonchev–Trinajstić information content (AvgIpc) is 2.37. The van der Waals surface area contributed by atoms with E-state index in [1.54, 1.807) is 12.1 Å². The fourth-order valence-corrected chi connectivity index (χ4v) is 1.46. The molecule has 0 saturated heterocycles. The predicted molar refractivity (Wildman–Crippen MR) is 68.0 cm³/mol. The molecule has 1 aromatic carbocycles. The van der Waals surface area contributed by atoms with Crippen LogP contribution in [0.25, 0.3) is 0 Å². The molecule has 100 valence electrons. The summed E-state index contributed by atoms with van der Waals surface area (Å²) in [5.74, 6) is -0.361. The highest BCUT2D eigenvalue weighted by Gasteiger charge is 2.30. The van der Waals surface area contributed by atoms with Crippen molar-refractivity contribution in [3.05, 3.63) is 35.6 Å². The lowest BCUT2D eigenvalue weighted by Gasteiger charge is -2.29. The second kappa shape index (κ2) is 5.96. The van der Waals surface area contributed by atoms with Crippen LogP contribution >= 0.6 is 0 Å². The molecule has 1 amide bonds. The fourth-order valence-electron chi connectivity index (χ4n) is 1.46. The smallest absolute Gasteiger partial charge is 0.252 e. The molecular formula is C14H20FNO2. The van der Waals surface area contributed by atoms with Crippen LogP contribution in [0.1, 0.15) is 32.8 Å². The molecule has 0 aliphatic heterocycles. The Morgan fingerprint density at radius 1 is 1.33 bits per heavy atom. The van der Waals surface area contributed by atoms with Crippen molar-refractivity contribution in [2.45, 2.75) is 33.7 Å². The minimum Gasteiger partial charge on any atom is -0.274 e. The number of benzene rings is 1. The first-order valence-corrected chi connectivity index (χ1v) is 6.01. The van der Waals surface area contributed by atoms with Gasteiger partial charge < -0.3 is 0 Å². The number of hydrogen-bond acceptors (Lipinski definition) is 2. The monoisotopic (exact) mass is 253 g/mol. The zero-order valence-electron chi connectivity index (χ0n) is 11.4. The van der Waals surface area contributed by atoms with E-state index in [1.807, 2.05) is 20.8 Å². The van der Waals surface area contributed by atoms with Crippen molar-refractivity contribution in [2.24, 2.45) is 5.41 Å². The van der Waals surface area contributed by atoms with Gasteiger partial charge in [-0.2, -0.15) is 0 Å². The van der Waals surface area contributed by atoms with Gasteiger partial charge in [0.15, 0.2) is 0 Å². The van der Waals surface area contributed by atoms with Gasteiger partial charge in [0.2, 0.25) is 0 Å². The number of hydrogen-bond donors (Lipinski definition) is 0. The summed E-state index contributed by atoms with van der Waals surface area (Å²) in [7, 11) is 1.47. The Hall–Kier alpha value is -1.42. The van der Waals surface area contributed by atoms with Gasteiger partial charge in [0.25, 0.3) is 5.91 Å². The highest BCUT2D eigenvalue weighted by molar-refractivity contribution is 5.80. The SMILES string of the molecule is CCC(C)(C)C(=O)N(Cc1ccc(F)cc1)OC. The standard InChI is InChI=1S/C14H20FNO2/c1-5-14(2,3)13(17)16(18-4)10-11-6-8-12(15)9-7-11/h6-9H,5,10H2,1-4H3. The lowest BCUT2D eigenvalue weighted by atomic mass is 9.89. The highest BCUT2D eigenvalue weighted by Crippen LogP contribution is 2.24. The molecule has 0 heterocycles. The number of amides is 1. The second-order valence-corrected chi connectivity index (χ2v) is 4.89. The Labute approximate surface area is 108 Å². The zero-order chi connectivity index (χ0) is 13.8. The maximum absolute atomic E-state index is 12.8. The molecule has 0 aliphatic carbocycles. The van der Waals surface area contributed by atoms with Crippen LogP contribution in [-0.4, -0.2) is 18.1 Å². The molecule has 0 N–H and O–H groups in total. The third kappa shape index (κ3) is 3.53. The summed E-state index contributed by atoms with van der Waals surface area (Å²) in [6, 6.07) is 6.04. The van der Waals surface area contributed by atoms with Crippen LogP contribution in [0.2, 0.25) is 0 Å².